The zero-order valence-corrected chi connectivity index (χ0v) is 11.9. The first-order chi connectivity index (χ1) is 9.04. The van der Waals surface area contributed by atoms with Gasteiger partial charge in [0.2, 0.25) is 0 Å². The van der Waals surface area contributed by atoms with E-state index in [-0.39, 0.29) is 0 Å². The van der Waals surface area contributed by atoms with Gasteiger partial charge in [-0.25, -0.2) is 0 Å². The van der Waals surface area contributed by atoms with E-state index in [2.05, 4.69) is 31.2 Å². The van der Waals surface area contributed by atoms with Crippen molar-refractivity contribution in [2.45, 2.75) is 40.0 Å². The number of furan rings is 1. The Morgan fingerprint density at radius 2 is 2.26 bits per heavy atom. The highest BCUT2D eigenvalue weighted by molar-refractivity contribution is 5.20. The quantitative estimate of drug-likeness (QED) is 0.869. The first-order valence-corrected chi connectivity index (χ1v) is 6.47. The van der Waals surface area contributed by atoms with Gasteiger partial charge in [-0.2, -0.15) is 5.10 Å². The first-order valence-electron chi connectivity index (χ1n) is 6.47. The summed E-state index contributed by atoms with van der Waals surface area (Å²) in [4.78, 5) is 0. The van der Waals surface area contributed by atoms with Crippen LogP contribution in [0, 0.1) is 6.92 Å². The second-order valence-electron chi connectivity index (χ2n) is 4.99. The first kappa shape index (κ1) is 13.7. The molecule has 2 aromatic heterocycles. The predicted octanol–water partition coefficient (Wildman–Crippen LogP) is 2.40. The number of nitrogens with zero attached hydrogens (tertiary/aromatic N) is 2. The van der Waals surface area contributed by atoms with Gasteiger partial charge in [-0.05, 0) is 18.6 Å². The van der Waals surface area contributed by atoms with Crippen LogP contribution in [0.3, 0.4) is 0 Å². The lowest BCUT2D eigenvalue weighted by Crippen LogP contribution is -2.21. The van der Waals surface area contributed by atoms with Gasteiger partial charge in [0.25, 0.3) is 0 Å². The lowest BCUT2D eigenvalue weighted by atomic mass is 10.2. The van der Waals surface area contributed by atoms with E-state index in [9.17, 15) is 0 Å². The molecule has 0 saturated carbocycles. The maximum Gasteiger partial charge on any atom is 0.157 e. The third-order valence-corrected chi connectivity index (χ3v) is 2.80. The molecule has 0 aliphatic heterocycles. The zero-order valence-electron chi connectivity index (χ0n) is 11.9. The molecule has 0 radical (unpaired) electrons. The van der Waals surface area contributed by atoms with E-state index in [1.807, 2.05) is 19.3 Å². The van der Waals surface area contributed by atoms with E-state index in [0.717, 1.165) is 29.4 Å². The Morgan fingerprint density at radius 3 is 2.89 bits per heavy atom. The van der Waals surface area contributed by atoms with Gasteiger partial charge in [-0.1, -0.05) is 13.8 Å². The highest BCUT2D eigenvalue weighted by Crippen LogP contribution is 2.17. The average Bonchev–Trinajstić information content (AvgIpc) is 2.90. The Labute approximate surface area is 113 Å². The Hall–Kier alpha value is -1.75. The molecule has 1 N–H and O–H groups in total. The Balaban J connectivity index is 1.92. The Bertz CT molecular complexity index is 529. The molecular weight excluding hydrogens is 242 g/mol. The van der Waals surface area contributed by atoms with Crippen molar-refractivity contribution in [2.75, 3.05) is 0 Å². The molecule has 19 heavy (non-hydrogen) atoms. The smallest absolute Gasteiger partial charge is 0.157 e. The summed E-state index contributed by atoms with van der Waals surface area (Å²) in [5.74, 6) is 2.55. The summed E-state index contributed by atoms with van der Waals surface area (Å²) < 4.78 is 13.1. The fraction of sp³-hybridized carbons (Fsp3) is 0.500. The van der Waals surface area contributed by atoms with E-state index in [4.69, 9.17) is 9.15 Å². The standard InChI is InChI=1S/C14H21N3O2/c1-10(2)15-7-14-11(3)5-12(19-14)9-18-13-6-16-17(4)8-13/h5-6,8,10,15H,7,9H2,1-4H3. The van der Waals surface area contributed by atoms with Crippen LogP contribution in [-0.2, 0) is 20.2 Å². The molecule has 0 spiro atoms. The molecule has 5 nitrogen and oxygen atoms in total. The SMILES string of the molecule is Cc1cc(COc2cnn(C)c2)oc1CNC(C)C. The van der Waals surface area contributed by atoms with Gasteiger partial charge in [-0.3, -0.25) is 4.68 Å². The van der Waals surface area contributed by atoms with E-state index >= 15 is 0 Å². The normalized spacial score (nSPS) is 11.2. The number of hydrogen-bond donors (Lipinski definition) is 1. The summed E-state index contributed by atoms with van der Waals surface area (Å²) in [6.07, 6.45) is 3.52. The van der Waals surface area contributed by atoms with Crippen molar-refractivity contribution in [3.05, 3.63) is 35.5 Å². The maximum atomic E-state index is 5.78. The number of rotatable bonds is 6. The zero-order chi connectivity index (χ0) is 13.8. The molecule has 0 unspecified atom stereocenters. The summed E-state index contributed by atoms with van der Waals surface area (Å²) in [5, 5.41) is 7.40. The van der Waals surface area contributed by atoms with Crippen LogP contribution in [0.4, 0.5) is 0 Å². The van der Waals surface area contributed by atoms with E-state index in [1.54, 1.807) is 10.9 Å². The van der Waals surface area contributed by atoms with Crippen molar-refractivity contribution < 1.29 is 9.15 Å². The summed E-state index contributed by atoms with van der Waals surface area (Å²) in [6, 6.07) is 2.47. The minimum absolute atomic E-state index is 0.425. The van der Waals surface area contributed by atoms with Crippen molar-refractivity contribution in [2.24, 2.45) is 7.05 Å². The molecule has 0 saturated heterocycles. The van der Waals surface area contributed by atoms with Crippen LogP contribution in [0.1, 0.15) is 30.9 Å². The fourth-order valence-corrected chi connectivity index (χ4v) is 1.76. The lowest BCUT2D eigenvalue weighted by Gasteiger charge is -2.06. The maximum absolute atomic E-state index is 5.78. The molecule has 0 amide bonds. The second-order valence-corrected chi connectivity index (χ2v) is 4.99. The molecule has 2 aromatic rings. The van der Waals surface area contributed by atoms with Crippen molar-refractivity contribution in [3.8, 4) is 5.75 Å². The summed E-state index contributed by atoms with van der Waals surface area (Å²) in [7, 11) is 1.86. The molecule has 104 valence electrons. The molecule has 0 bridgehead atoms. The topological polar surface area (TPSA) is 52.2 Å². The number of hydrogen-bond acceptors (Lipinski definition) is 4. The molecule has 2 heterocycles. The van der Waals surface area contributed by atoms with Gasteiger partial charge < -0.3 is 14.5 Å². The summed E-state index contributed by atoms with van der Waals surface area (Å²) in [5.41, 5.74) is 1.15. The van der Waals surface area contributed by atoms with Crippen LogP contribution in [0.2, 0.25) is 0 Å². The highest BCUT2D eigenvalue weighted by atomic mass is 16.5. The Morgan fingerprint density at radius 1 is 1.47 bits per heavy atom. The lowest BCUT2D eigenvalue weighted by molar-refractivity contribution is 0.264. The number of aromatic nitrogens is 2. The molecule has 5 heteroatoms. The van der Waals surface area contributed by atoms with Gasteiger partial charge in [0, 0.05) is 13.1 Å². The van der Waals surface area contributed by atoms with Crippen molar-refractivity contribution >= 4 is 0 Å². The Kier molecular flexibility index (Phi) is 4.27. The van der Waals surface area contributed by atoms with Crippen LogP contribution in [0.25, 0.3) is 0 Å². The van der Waals surface area contributed by atoms with Gasteiger partial charge in [-0.15, -0.1) is 0 Å². The van der Waals surface area contributed by atoms with Gasteiger partial charge in [0.15, 0.2) is 5.75 Å². The molecule has 2 rings (SSSR count). The van der Waals surface area contributed by atoms with Crippen molar-refractivity contribution in [3.63, 3.8) is 0 Å². The number of aryl methyl sites for hydroxylation is 2. The van der Waals surface area contributed by atoms with Crippen LogP contribution in [0.15, 0.2) is 22.9 Å². The highest BCUT2D eigenvalue weighted by Gasteiger charge is 2.09. The van der Waals surface area contributed by atoms with Gasteiger partial charge in [0.1, 0.15) is 18.1 Å². The minimum atomic E-state index is 0.425. The van der Waals surface area contributed by atoms with E-state index in [0.29, 0.717) is 12.6 Å². The van der Waals surface area contributed by atoms with Crippen LogP contribution >= 0.6 is 0 Å². The molecule has 0 aromatic carbocycles. The molecule has 0 aliphatic carbocycles. The minimum Gasteiger partial charge on any atom is -0.482 e. The third-order valence-electron chi connectivity index (χ3n) is 2.80. The fourth-order valence-electron chi connectivity index (χ4n) is 1.76. The second kappa shape index (κ2) is 5.93. The van der Waals surface area contributed by atoms with Crippen LogP contribution < -0.4 is 10.1 Å². The average molecular weight is 263 g/mol. The summed E-state index contributed by atoms with van der Waals surface area (Å²) >= 11 is 0. The van der Waals surface area contributed by atoms with Crippen LogP contribution in [-0.4, -0.2) is 15.8 Å². The molecule has 0 atom stereocenters. The number of nitrogens with one attached hydrogen (secondary N) is 1. The van der Waals surface area contributed by atoms with Gasteiger partial charge >= 0.3 is 0 Å². The summed E-state index contributed by atoms with van der Waals surface area (Å²) in [6.45, 7) is 7.45. The van der Waals surface area contributed by atoms with Crippen molar-refractivity contribution in [1.82, 2.24) is 15.1 Å². The van der Waals surface area contributed by atoms with Crippen molar-refractivity contribution in [1.29, 1.82) is 0 Å². The molecular formula is C14H21N3O2. The van der Waals surface area contributed by atoms with Crippen LogP contribution in [0.5, 0.6) is 5.75 Å². The van der Waals surface area contributed by atoms with E-state index < -0.39 is 0 Å². The monoisotopic (exact) mass is 263 g/mol. The number of ether oxygens (including phenoxy) is 1. The van der Waals surface area contributed by atoms with Gasteiger partial charge in [0.05, 0.1) is 18.9 Å². The molecule has 0 aliphatic rings. The third kappa shape index (κ3) is 3.86. The largest absolute Gasteiger partial charge is 0.482 e. The predicted molar refractivity (Wildman–Crippen MR) is 73.0 cm³/mol. The van der Waals surface area contributed by atoms with E-state index in [1.165, 1.54) is 0 Å². The molecule has 0 fully saturated rings.